The highest BCUT2D eigenvalue weighted by atomic mass is 35.5. The summed E-state index contributed by atoms with van der Waals surface area (Å²) in [6.07, 6.45) is -0.164. The highest BCUT2D eigenvalue weighted by Gasteiger charge is 2.31. The fraction of sp³-hybridized carbons (Fsp3) is 0.0556. The molecule has 10 heteroatoms. The van der Waals surface area contributed by atoms with E-state index in [4.69, 9.17) is 22.0 Å². The molecule has 0 bridgehead atoms. The van der Waals surface area contributed by atoms with Crippen molar-refractivity contribution in [3.8, 4) is 11.8 Å². The average Bonchev–Trinajstić information content (AvgIpc) is 2.97. The molecule has 0 aromatic heterocycles. The zero-order chi connectivity index (χ0) is 20.4. The zero-order valence-electron chi connectivity index (χ0n) is 14.0. The summed E-state index contributed by atoms with van der Waals surface area (Å²) in [5.74, 6) is -2.70. The van der Waals surface area contributed by atoms with Gasteiger partial charge in [-0.2, -0.15) is 10.4 Å². The number of hydrogen-bond donors (Lipinski definition) is 4. The van der Waals surface area contributed by atoms with E-state index in [1.165, 1.54) is 30.3 Å². The minimum Gasteiger partial charge on any atom is -0.507 e. The molecule has 0 fully saturated rings. The summed E-state index contributed by atoms with van der Waals surface area (Å²) in [5.41, 5.74) is 2.63. The molecule has 1 aliphatic rings. The van der Waals surface area contributed by atoms with Crippen LogP contribution in [0.25, 0.3) is 0 Å². The quantitative estimate of drug-likeness (QED) is 0.574. The van der Waals surface area contributed by atoms with Crippen molar-refractivity contribution >= 4 is 40.8 Å². The Morgan fingerprint density at radius 2 is 2.04 bits per heavy atom. The number of rotatable bonds is 4. The number of nitrogens with one attached hydrogen (secondary N) is 2. The molecule has 9 nitrogen and oxygen atoms in total. The number of hydrazone groups is 1. The van der Waals surface area contributed by atoms with Crippen LogP contribution in [0.1, 0.15) is 27.0 Å². The van der Waals surface area contributed by atoms with Crippen molar-refractivity contribution in [2.45, 2.75) is 6.42 Å². The van der Waals surface area contributed by atoms with E-state index in [0.717, 1.165) is 0 Å². The van der Waals surface area contributed by atoms with Gasteiger partial charge in [-0.3, -0.25) is 9.59 Å². The van der Waals surface area contributed by atoms with Gasteiger partial charge in [0.1, 0.15) is 11.8 Å². The van der Waals surface area contributed by atoms with Gasteiger partial charge in [0.15, 0.2) is 5.71 Å². The third-order valence-corrected chi connectivity index (χ3v) is 4.30. The molecule has 2 amide bonds. The summed E-state index contributed by atoms with van der Waals surface area (Å²) >= 11 is 6.08. The lowest BCUT2D eigenvalue weighted by molar-refractivity contribution is -0.120. The SMILES string of the molecule is N#Cc1cc(CC(=O)N/N=C2\C(=O)Nc3ccc(C(=O)O)c(Cl)c32)ccc1O. The molecular weight excluding hydrogens is 388 g/mol. The van der Waals surface area contributed by atoms with E-state index in [1.807, 2.05) is 0 Å². The number of carbonyl (C=O) groups excluding carboxylic acids is 2. The number of anilines is 1. The lowest BCUT2D eigenvalue weighted by Gasteiger charge is -2.06. The number of fused-ring (bicyclic) bond motifs is 1. The van der Waals surface area contributed by atoms with Crippen LogP contribution in [0.15, 0.2) is 35.4 Å². The molecule has 0 atom stereocenters. The molecule has 2 aromatic rings. The second-order valence-corrected chi connectivity index (χ2v) is 6.12. The minimum atomic E-state index is -1.27. The average molecular weight is 399 g/mol. The van der Waals surface area contributed by atoms with Crippen LogP contribution in [0.3, 0.4) is 0 Å². The topological polar surface area (TPSA) is 152 Å². The maximum atomic E-state index is 12.1. The van der Waals surface area contributed by atoms with Gasteiger partial charge in [0, 0.05) is 0 Å². The monoisotopic (exact) mass is 398 g/mol. The van der Waals surface area contributed by atoms with Gasteiger partial charge in [0.25, 0.3) is 5.91 Å². The van der Waals surface area contributed by atoms with Crippen LogP contribution >= 0.6 is 11.6 Å². The predicted molar refractivity (Wildman–Crippen MR) is 98.2 cm³/mol. The van der Waals surface area contributed by atoms with Crippen molar-refractivity contribution in [2.75, 3.05) is 5.32 Å². The maximum absolute atomic E-state index is 12.1. The Hall–Kier alpha value is -3.90. The molecule has 0 spiro atoms. The van der Waals surface area contributed by atoms with Crippen molar-refractivity contribution in [1.29, 1.82) is 5.26 Å². The van der Waals surface area contributed by atoms with Crippen molar-refractivity contribution < 1.29 is 24.6 Å². The fourth-order valence-electron chi connectivity index (χ4n) is 2.60. The van der Waals surface area contributed by atoms with E-state index >= 15 is 0 Å². The highest BCUT2D eigenvalue weighted by Crippen LogP contribution is 2.33. The molecule has 4 N–H and O–H groups in total. The molecule has 0 saturated carbocycles. The van der Waals surface area contributed by atoms with Crippen LogP contribution in [0, 0.1) is 11.3 Å². The normalized spacial score (nSPS) is 13.6. The van der Waals surface area contributed by atoms with Crippen LogP contribution in [-0.4, -0.2) is 33.7 Å². The second-order valence-electron chi connectivity index (χ2n) is 5.74. The number of benzene rings is 2. The number of carboxylic acids is 1. The molecule has 0 radical (unpaired) electrons. The van der Waals surface area contributed by atoms with Gasteiger partial charge in [0.2, 0.25) is 5.91 Å². The van der Waals surface area contributed by atoms with E-state index in [9.17, 15) is 19.5 Å². The van der Waals surface area contributed by atoms with Crippen molar-refractivity contribution in [2.24, 2.45) is 5.10 Å². The summed E-state index contributed by atoms with van der Waals surface area (Å²) in [6.45, 7) is 0. The molecular formula is C18H11ClN4O5. The number of hydrogen-bond acceptors (Lipinski definition) is 6. The molecule has 3 rings (SSSR count). The first-order valence-electron chi connectivity index (χ1n) is 7.78. The summed E-state index contributed by atoms with van der Waals surface area (Å²) in [6, 6.07) is 8.55. The molecule has 140 valence electrons. The Morgan fingerprint density at radius 3 is 2.71 bits per heavy atom. The minimum absolute atomic E-state index is 0.0219. The van der Waals surface area contributed by atoms with Crippen LogP contribution in [0.5, 0.6) is 5.75 Å². The smallest absolute Gasteiger partial charge is 0.337 e. The Balaban J connectivity index is 1.83. The van der Waals surface area contributed by atoms with Crippen molar-refractivity contribution in [3.63, 3.8) is 0 Å². The first-order chi connectivity index (χ1) is 13.3. The molecule has 1 aliphatic heterocycles. The summed E-state index contributed by atoms with van der Waals surface area (Å²) in [7, 11) is 0. The van der Waals surface area contributed by atoms with Gasteiger partial charge >= 0.3 is 5.97 Å². The van der Waals surface area contributed by atoms with Crippen LogP contribution in [-0.2, 0) is 16.0 Å². The number of nitriles is 1. The molecule has 28 heavy (non-hydrogen) atoms. The summed E-state index contributed by atoms with van der Waals surface area (Å²) in [5, 5.41) is 33.6. The third-order valence-electron chi connectivity index (χ3n) is 3.91. The number of halogens is 1. The molecule has 0 unspecified atom stereocenters. The van der Waals surface area contributed by atoms with Crippen LogP contribution < -0.4 is 10.7 Å². The Kier molecular flexibility index (Phi) is 4.98. The number of phenols is 1. The van der Waals surface area contributed by atoms with Gasteiger partial charge < -0.3 is 15.5 Å². The van der Waals surface area contributed by atoms with E-state index in [1.54, 1.807) is 6.07 Å². The number of aromatic hydroxyl groups is 1. The van der Waals surface area contributed by atoms with Gasteiger partial charge in [-0.25, -0.2) is 10.2 Å². The second kappa shape index (κ2) is 7.38. The standard InChI is InChI=1S/C18H11ClN4O5/c19-15-10(18(27)28)2-3-11-14(15)16(17(26)21-11)23-22-13(25)6-8-1-4-12(24)9(5-8)7-20/h1-5,24H,6H2,(H,22,25)(H,27,28)(H,21,23,26). The van der Waals surface area contributed by atoms with E-state index in [-0.39, 0.29) is 45.3 Å². The third kappa shape index (κ3) is 3.49. The van der Waals surface area contributed by atoms with Crippen molar-refractivity contribution in [1.82, 2.24) is 5.43 Å². The highest BCUT2D eigenvalue weighted by molar-refractivity contribution is 6.57. The van der Waals surface area contributed by atoms with Gasteiger partial charge in [-0.15, -0.1) is 0 Å². The first kappa shape index (κ1) is 18.9. The Bertz CT molecular complexity index is 1100. The number of aromatic carboxylic acids is 1. The number of carbonyl (C=O) groups is 3. The predicted octanol–water partition coefficient (Wildman–Crippen LogP) is 1.63. The van der Waals surface area contributed by atoms with E-state index < -0.39 is 17.8 Å². The van der Waals surface area contributed by atoms with Gasteiger partial charge in [-0.1, -0.05) is 17.7 Å². The van der Waals surface area contributed by atoms with E-state index in [0.29, 0.717) is 5.56 Å². The molecule has 0 aliphatic carbocycles. The summed E-state index contributed by atoms with van der Waals surface area (Å²) < 4.78 is 0. The number of nitrogens with zero attached hydrogens (tertiary/aromatic N) is 2. The fourth-order valence-corrected chi connectivity index (χ4v) is 2.94. The lowest BCUT2D eigenvalue weighted by Crippen LogP contribution is -2.25. The molecule has 2 aromatic carbocycles. The Labute approximate surface area is 162 Å². The zero-order valence-corrected chi connectivity index (χ0v) is 14.7. The molecule has 0 saturated heterocycles. The number of phenolic OH excluding ortho intramolecular Hbond substituents is 1. The number of carboxylic acid groups (broad SMARTS) is 1. The van der Waals surface area contributed by atoms with Gasteiger partial charge in [-0.05, 0) is 29.8 Å². The van der Waals surface area contributed by atoms with Crippen LogP contribution in [0.2, 0.25) is 5.02 Å². The lowest BCUT2D eigenvalue weighted by atomic mass is 10.1. The summed E-state index contributed by atoms with van der Waals surface area (Å²) in [4.78, 5) is 35.4. The van der Waals surface area contributed by atoms with E-state index in [2.05, 4.69) is 15.8 Å². The van der Waals surface area contributed by atoms with Crippen LogP contribution in [0.4, 0.5) is 5.69 Å². The first-order valence-corrected chi connectivity index (χ1v) is 8.15. The largest absolute Gasteiger partial charge is 0.507 e. The van der Waals surface area contributed by atoms with Crippen molar-refractivity contribution in [3.05, 3.63) is 57.6 Å². The Morgan fingerprint density at radius 1 is 1.29 bits per heavy atom. The maximum Gasteiger partial charge on any atom is 0.337 e. The number of amides is 2. The van der Waals surface area contributed by atoms with Gasteiger partial charge in [0.05, 0.1) is 33.8 Å². The molecule has 1 heterocycles.